The fourth-order valence-corrected chi connectivity index (χ4v) is 1.72. The first-order valence-electron chi connectivity index (χ1n) is 5.95. The number of furan rings is 1. The van der Waals surface area contributed by atoms with E-state index in [0.29, 0.717) is 12.2 Å². The molecule has 2 aromatic rings. The van der Waals surface area contributed by atoms with Crippen LogP contribution in [0.3, 0.4) is 0 Å². The minimum absolute atomic E-state index is 0.0781. The van der Waals surface area contributed by atoms with Crippen LogP contribution < -0.4 is 5.32 Å². The lowest BCUT2D eigenvalue weighted by atomic mass is 10.1. The predicted molar refractivity (Wildman–Crippen MR) is 70.7 cm³/mol. The highest BCUT2D eigenvalue weighted by Crippen LogP contribution is 2.27. The zero-order valence-corrected chi connectivity index (χ0v) is 10.5. The van der Waals surface area contributed by atoms with Gasteiger partial charge in [0.1, 0.15) is 11.3 Å². The van der Waals surface area contributed by atoms with E-state index in [1.54, 1.807) is 12.1 Å². The van der Waals surface area contributed by atoms with Crippen molar-refractivity contribution >= 4 is 17.6 Å². The highest BCUT2D eigenvalue weighted by Gasteiger charge is 2.14. The molecule has 3 N–H and O–H groups in total. The fourth-order valence-electron chi connectivity index (χ4n) is 1.72. The molecule has 0 spiro atoms. The van der Waals surface area contributed by atoms with Gasteiger partial charge in [-0.1, -0.05) is 6.07 Å². The molecular formula is C14H13NO5. The topological polar surface area (TPSA) is 99.8 Å². The molecule has 1 amide bonds. The summed E-state index contributed by atoms with van der Waals surface area (Å²) in [5.74, 6) is -1.36. The molecule has 1 heterocycles. The Morgan fingerprint density at radius 3 is 2.65 bits per heavy atom. The Balaban J connectivity index is 2.01. The van der Waals surface area contributed by atoms with Gasteiger partial charge in [-0.05, 0) is 24.3 Å². The Kier molecular flexibility index (Phi) is 4.05. The molecule has 6 heteroatoms. The van der Waals surface area contributed by atoms with Crippen molar-refractivity contribution in [2.75, 3.05) is 5.32 Å². The van der Waals surface area contributed by atoms with Crippen molar-refractivity contribution in [3.05, 3.63) is 47.9 Å². The van der Waals surface area contributed by atoms with Gasteiger partial charge in [-0.2, -0.15) is 0 Å². The number of rotatable bonds is 5. The predicted octanol–water partition coefficient (Wildman–Crippen LogP) is 2.25. The van der Waals surface area contributed by atoms with Gasteiger partial charge < -0.3 is 19.9 Å². The van der Waals surface area contributed by atoms with Crippen LogP contribution in [0.5, 0.6) is 5.75 Å². The normalized spacial score (nSPS) is 10.2. The third-order valence-corrected chi connectivity index (χ3v) is 2.72. The van der Waals surface area contributed by atoms with Crippen molar-refractivity contribution in [3.8, 4) is 5.75 Å². The minimum Gasteiger partial charge on any atom is -0.505 e. The van der Waals surface area contributed by atoms with Gasteiger partial charge in [0.2, 0.25) is 5.91 Å². The lowest BCUT2D eigenvalue weighted by molar-refractivity contribution is -0.116. The summed E-state index contributed by atoms with van der Waals surface area (Å²) in [5.41, 5.74) is -0.178. The molecule has 0 aliphatic rings. The summed E-state index contributed by atoms with van der Waals surface area (Å²) in [6.07, 6.45) is 2.12. The van der Waals surface area contributed by atoms with E-state index in [4.69, 9.17) is 9.52 Å². The number of hydrogen-bond donors (Lipinski definition) is 3. The molecule has 0 aliphatic carbocycles. The SMILES string of the molecule is O=C(CCc1ccco1)Nc1cccc(C(=O)O)c1O. The van der Waals surface area contributed by atoms with Crippen LogP contribution in [0.25, 0.3) is 0 Å². The van der Waals surface area contributed by atoms with Gasteiger partial charge in [0.25, 0.3) is 0 Å². The maximum absolute atomic E-state index is 11.7. The maximum atomic E-state index is 11.7. The Morgan fingerprint density at radius 2 is 2.00 bits per heavy atom. The van der Waals surface area contributed by atoms with Gasteiger partial charge in [-0.3, -0.25) is 4.79 Å². The largest absolute Gasteiger partial charge is 0.505 e. The smallest absolute Gasteiger partial charge is 0.339 e. The molecule has 0 atom stereocenters. The van der Waals surface area contributed by atoms with Gasteiger partial charge in [0.15, 0.2) is 5.75 Å². The quantitative estimate of drug-likeness (QED) is 0.727. The van der Waals surface area contributed by atoms with Crippen LogP contribution in [0.15, 0.2) is 41.0 Å². The Morgan fingerprint density at radius 1 is 1.20 bits per heavy atom. The van der Waals surface area contributed by atoms with Crippen LogP contribution in [0.1, 0.15) is 22.5 Å². The summed E-state index contributed by atoms with van der Waals surface area (Å²) in [6, 6.07) is 7.64. The molecule has 0 fully saturated rings. The van der Waals surface area contributed by atoms with E-state index < -0.39 is 11.7 Å². The summed E-state index contributed by atoms with van der Waals surface area (Å²) in [7, 11) is 0. The van der Waals surface area contributed by atoms with Gasteiger partial charge in [-0.25, -0.2) is 4.79 Å². The number of aromatic hydroxyl groups is 1. The van der Waals surface area contributed by atoms with E-state index in [0.717, 1.165) is 0 Å². The maximum Gasteiger partial charge on any atom is 0.339 e. The lowest BCUT2D eigenvalue weighted by Crippen LogP contribution is -2.13. The number of aromatic carboxylic acids is 1. The molecule has 6 nitrogen and oxygen atoms in total. The Bertz CT molecular complexity index is 618. The second-order valence-electron chi connectivity index (χ2n) is 4.13. The van der Waals surface area contributed by atoms with E-state index >= 15 is 0 Å². The third-order valence-electron chi connectivity index (χ3n) is 2.72. The minimum atomic E-state index is -1.26. The second kappa shape index (κ2) is 5.92. The monoisotopic (exact) mass is 275 g/mol. The summed E-state index contributed by atoms with van der Waals surface area (Å²) >= 11 is 0. The molecular weight excluding hydrogens is 262 g/mol. The standard InChI is InChI=1S/C14H13NO5/c16-12(7-6-9-3-2-8-20-9)15-11-5-1-4-10(13(11)17)14(18)19/h1-5,8,17H,6-7H2,(H,15,16)(H,18,19). The first kappa shape index (κ1) is 13.7. The number of benzene rings is 1. The molecule has 0 radical (unpaired) electrons. The average molecular weight is 275 g/mol. The Hall–Kier alpha value is -2.76. The number of phenols is 1. The number of anilines is 1. The molecule has 20 heavy (non-hydrogen) atoms. The summed E-state index contributed by atoms with van der Waals surface area (Å²) in [5, 5.41) is 21.1. The first-order valence-corrected chi connectivity index (χ1v) is 5.95. The van der Waals surface area contributed by atoms with Crippen molar-refractivity contribution in [1.82, 2.24) is 0 Å². The summed E-state index contributed by atoms with van der Waals surface area (Å²) < 4.78 is 5.10. The number of aryl methyl sites for hydroxylation is 1. The number of carbonyl (C=O) groups excluding carboxylic acids is 1. The molecule has 1 aromatic carbocycles. The number of carbonyl (C=O) groups is 2. The van der Waals surface area contributed by atoms with E-state index in [9.17, 15) is 14.7 Å². The van der Waals surface area contributed by atoms with Crippen molar-refractivity contribution in [2.24, 2.45) is 0 Å². The molecule has 2 rings (SSSR count). The van der Waals surface area contributed by atoms with Crippen molar-refractivity contribution in [3.63, 3.8) is 0 Å². The van der Waals surface area contributed by atoms with Crippen LogP contribution in [0, 0.1) is 0 Å². The van der Waals surface area contributed by atoms with Crippen LogP contribution in [0.4, 0.5) is 5.69 Å². The average Bonchev–Trinajstić information content (AvgIpc) is 2.91. The molecule has 104 valence electrons. The van der Waals surface area contributed by atoms with Crippen LogP contribution in [-0.2, 0) is 11.2 Å². The number of carboxylic acids is 1. The number of hydrogen-bond acceptors (Lipinski definition) is 4. The Labute approximate surface area is 114 Å². The number of carboxylic acid groups (broad SMARTS) is 1. The van der Waals surface area contributed by atoms with E-state index in [1.807, 2.05) is 0 Å². The molecule has 0 saturated carbocycles. The van der Waals surface area contributed by atoms with Crippen LogP contribution in [0.2, 0.25) is 0 Å². The number of nitrogens with one attached hydrogen (secondary N) is 1. The number of amides is 1. The van der Waals surface area contributed by atoms with Crippen molar-refractivity contribution in [1.29, 1.82) is 0 Å². The molecule has 0 unspecified atom stereocenters. The second-order valence-corrected chi connectivity index (χ2v) is 4.13. The van der Waals surface area contributed by atoms with E-state index in [1.165, 1.54) is 24.5 Å². The van der Waals surface area contributed by atoms with Gasteiger partial charge in [0, 0.05) is 12.8 Å². The third kappa shape index (κ3) is 3.17. The highest BCUT2D eigenvalue weighted by atomic mass is 16.4. The summed E-state index contributed by atoms with van der Waals surface area (Å²) in [6.45, 7) is 0. The zero-order valence-electron chi connectivity index (χ0n) is 10.5. The molecule has 0 aliphatic heterocycles. The van der Waals surface area contributed by atoms with Crippen molar-refractivity contribution in [2.45, 2.75) is 12.8 Å². The van der Waals surface area contributed by atoms with Gasteiger partial charge >= 0.3 is 5.97 Å². The fraction of sp³-hybridized carbons (Fsp3) is 0.143. The molecule has 0 saturated heterocycles. The highest BCUT2D eigenvalue weighted by molar-refractivity contribution is 5.97. The van der Waals surface area contributed by atoms with Gasteiger partial charge in [0.05, 0.1) is 12.0 Å². The zero-order chi connectivity index (χ0) is 14.5. The van der Waals surface area contributed by atoms with Crippen molar-refractivity contribution < 1.29 is 24.2 Å². The molecule has 1 aromatic heterocycles. The van der Waals surface area contributed by atoms with Crippen LogP contribution >= 0.6 is 0 Å². The first-order chi connectivity index (χ1) is 9.58. The lowest BCUT2D eigenvalue weighted by Gasteiger charge is -2.08. The van der Waals surface area contributed by atoms with Gasteiger partial charge in [-0.15, -0.1) is 0 Å². The summed E-state index contributed by atoms with van der Waals surface area (Å²) in [4.78, 5) is 22.6. The molecule has 0 bridgehead atoms. The van der Waals surface area contributed by atoms with E-state index in [2.05, 4.69) is 5.32 Å². The van der Waals surface area contributed by atoms with Crippen LogP contribution in [-0.4, -0.2) is 22.1 Å². The number of para-hydroxylation sites is 1. The van der Waals surface area contributed by atoms with E-state index in [-0.39, 0.29) is 23.6 Å².